The number of hydrogen-bond donors (Lipinski definition) is 0. The molecule has 158 valence electrons. The second-order valence-electron chi connectivity index (χ2n) is 8.32. The van der Waals surface area contributed by atoms with Crippen LogP contribution < -0.4 is 4.74 Å². The number of hydrogen-bond acceptors (Lipinski definition) is 4. The van der Waals surface area contributed by atoms with Crippen molar-refractivity contribution in [3.8, 4) is 5.75 Å². The molecule has 0 aliphatic carbocycles. The van der Waals surface area contributed by atoms with Gasteiger partial charge in [-0.15, -0.1) is 11.3 Å². The second-order valence-corrected chi connectivity index (χ2v) is 9.23. The number of fused-ring (bicyclic) bond motifs is 2. The van der Waals surface area contributed by atoms with Crippen LogP contribution in [0.15, 0.2) is 35.7 Å². The summed E-state index contributed by atoms with van der Waals surface area (Å²) >= 11 is 1.78. The lowest BCUT2D eigenvalue weighted by atomic mass is 10.0. The topological polar surface area (TPSA) is 32.8 Å². The second kappa shape index (κ2) is 8.78. The Balaban J connectivity index is 1.28. The van der Waals surface area contributed by atoms with Gasteiger partial charge in [-0.2, -0.15) is 0 Å². The third kappa shape index (κ3) is 4.09. The van der Waals surface area contributed by atoms with E-state index in [4.69, 9.17) is 4.74 Å². The molecule has 1 aliphatic heterocycles. The molecule has 0 saturated heterocycles. The van der Waals surface area contributed by atoms with Gasteiger partial charge in [-0.1, -0.05) is 12.1 Å². The summed E-state index contributed by atoms with van der Waals surface area (Å²) in [7, 11) is 3.90. The summed E-state index contributed by atoms with van der Waals surface area (Å²) in [5.41, 5.74) is 5.89. The minimum absolute atomic E-state index is 0.188. The van der Waals surface area contributed by atoms with E-state index in [1.165, 1.54) is 32.3 Å². The molecule has 1 amide bonds. The zero-order valence-electron chi connectivity index (χ0n) is 18.3. The van der Waals surface area contributed by atoms with Crippen LogP contribution in [0.2, 0.25) is 0 Å². The third-order valence-electron chi connectivity index (χ3n) is 6.19. The molecular weight excluding hydrogens is 392 g/mol. The van der Waals surface area contributed by atoms with Crippen molar-refractivity contribution in [3.05, 3.63) is 63.5 Å². The van der Waals surface area contributed by atoms with Crippen LogP contribution in [-0.2, 0) is 13.0 Å². The first-order valence-corrected chi connectivity index (χ1v) is 11.5. The minimum Gasteiger partial charge on any atom is -0.496 e. The van der Waals surface area contributed by atoms with Crippen molar-refractivity contribution in [2.24, 2.45) is 0 Å². The fraction of sp³-hybridized carbons (Fsp3) is 0.400. The van der Waals surface area contributed by atoms with E-state index in [2.05, 4.69) is 49.4 Å². The number of carbonyl (C=O) groups excluding carboxylic acids is 1. The summed E-state index contributed by atoms with van der Waals surface area (Å²) < 4.78 is 6.84. The highest BCUT2D eigenvalue weighted by molar-refractivity contribution is 7.17. The molecule has 0 atom stereocenters. The molecule has 3 aromatic rings. The highest BCUT2D eigenvalue weighted by Crippen LogP contribution is 2.34. The standard InChI is InChI=1S/C25H30N2O2S/c1-17-13-20-15-27(25(28)21(20)14-18(17)2)11-6-10-26(3)12-9-19-16-30-23-8-5-7-22(29-4)24(19)23/h5,7-8,13-14,16H,6,9-12,15H2,1-4H3. The van der Waals surface area contributed by atoms with Gasteiger partial charge in [-0.25, -0.2) is 0 Å². The van der Waals surface area contributed by atoms with E-state index in [9.17, 15) is 4.79 Å². The first-order chi connectivity index (χ1) is 14.5. The van der Waals surface area contributed by atoms with Gasteiger partial charge in [0.2, 0.25) is 0 Å². The molecule has 0 fully saturated rings. The molecule has 1 aliphatic rings. The van der Waals surface area contributed by atoms with E-state index in [0.29, 0.717) is 0 Å². The first kappa shape index (κ1) is 20.9. The summed E-state index contributed by atoms with van der Waals surface area (Å²) in [6.07, 6.45) is 1.99. The largest absolute Gasteiger partial charge is 0.496 e. The van der Waals surface area contributed by atoms with Crippen LogP contribution >= 0.6 is 11.3 Å². The first-order valence-electron chi connectivity index (χ1n) is 10.6. The number of rotatable bonds is 8. The number of amides is 1. The van der Waals surface area contributed by atoms with Gasteiger partial charge in [0.1, 0.15) is 5.75 Å². The van der Waals surface area contributed by atoms with Gasteiger partial charge in [0.15, 0.2) is 0 Å². The lowest BCUT2D eigenvalue weighted by Crippen LogP contribution is -2.29. The average Bonchev–Trinajstić information content (AvgIpc) is 3.28. The van der Waals surface area contributed by atoms with Gasteiger partial charge >= 0.3 is 0 Å². The summed E-state index contributed by atoms with van der Waals surface area (Å²) in [6.45, 7) is 7.73. The van der Waals surface area contributed by atoms with Crippen LogP contribution in [0.1, 0.15) is 39.0 Å². The lowest BCUT2D eigenvalue weighted by Gasteiger charge is -2.20. The Morgan fingerprint density at radius 3 is 2.77 bits per heavy atom. The van der Waals surface area contributed by atoms with E-state index in [1.54, 1.807) is 18.4 Å². The highest BCUT2D eigenvalue weighted by atomic mass is 32.1. The maximum absolute atomic E-state index is 12.7. The average molecular weight is 423 g/mol. The van der Waals surface area contributed by atoms with Gasteiger partial charge in [-0.05, 0) is 86.1 Å². The van der Waals surface area contributed by atoms with E-state index in [-0.39, 0.29) is 5.91 Å². The Kier molecular flexibility index (Phi) is 6.11. The van der Waals surface area contributed by atoms with Gasteiger partial charge in [0.25, 0.3) is 5.91 Å². The van der Waals surface area contributed by atoms with Gasteiger partial charge in [0, 0.05) is 35.3 Å². The molecule has 0 radical (unpaired) electrons. The van der Waals surface area contributed by atoms with Crippen LogP contribution in [0.4, 0.5) is 0 Å². The van der Waals surface area contributed by atoms with Gasteiger partial charge in [0.05, 0.1) is 7.11 Å². The Morgan fingerprint density at radius 2 is 1.97 bits per heavy atom. The monoisotopic (exact) mass is 422 g/mol. The van der Waals surface area contributed by atoms with Crippen LogP contribution in [0.5, 0.6) is 5.75 Å². The van der Waals surface area contributed by atoms with Crippen molar-refractivity contribution in [2.45, 2.75) is 33.2 Å². The quantitative estimate of drug-likeness (QED) is 0.509. The Morgan fingerprint density at radius 1 is 1.17 bits per heavy atom. The van der Waals surface area contributed by atoms with Crippen LogP contribution in [-0.4, -0.2) is 49.5 Å². The Labute approximate surface area is 183 Å². The summed E-state index contributed by atoms with van der Waals surface area (Å²) in [4.78, 5) is 17.1. The smallest absolute Gasteiger partial charge is 0.254 e. The zero-order chi connectivity index (χ0) is 21.3. The molecule has 2 heterocycles. The molecular formula is C25H30N2O2S. The number of ether oxygens (including phenoxy) is 1. The van der Waals surface area contributed by atoms with E-state index >= 15 is 0 Å². The van der Waals surface area contributed by atoms with Crippen molar-refractivity contribution in [1.82, 2.24) is 9.80 Å². The normalized spacial score (nSPS) is 13.5. The minimum atomic E-state index is 0.188. The van der Waals surface area contributed by atoms with Crippen LogP contribution in [0, 0.1) is 13.8 Å². The summed E-state index contributed by atoms with van der Waals surface area (Å²) in [6, 6.07) is 10.5. The van der Waals surface area contributed by atoms with Crippen molar-refractivity contribution in [2.75, 3.05) is 33.8 Å². The highest BCUT2D eigenvalue weighted by Gasteiger charge is 2.27. The number of aryl methyl sites for hydroxylation is 2. The molecule has 0 N–H and O–H groups in total. The lowest BCUT2D eigenvalue weighted by molar-refractivity contribution is 0.0772. The van der Waals surface area contributed by atoms with E-state index < -0.39 is 0 Å². The van der Waals surface area contributed by atoms with Crippen molar-refractivity contribution < 1.29 is 9.53 Å². The summed E-state index contributed by atoms with van der Waals surface area (Å²) in [5.74, 6) is 1.15. The van der Waals surface area contributed by atoms with Gasteiger partial charge in [-0.3, -0.25) is 4.79 Å². The van der Waals surface area contributed by atoms with Crippen molar-refractivity contribution in [1.29, 1.82) is 0 Å². The predicted molar refractivity (Wildman–Crippen MR) is 125 cm³/mol. The van der Waals surface area contributed by atoms with Crippen LogP contribution in [0.25, 0.3) is 10.1 Å². The zero-order valence-corrected chi connectivity index (χ0v) is 19.1. The third-order valence-corrected chi connectivity index (χ3v) is 7.18. The number of methoxy groups -OCH3 is 1. The molecule has 0 unspecified atom stereocenters. The van der Waals surface area contributed by atoms with Crippen molar-refractivity contribution in [3.63, 3.8) is 0 Å². The maximum atomic E-state index is 12.7. The molecule has 4 rings (SSSR count). The predicted octanol–water partition coefficient (Wildman–Crippen LogP) is 5.05. The van der Waals surface area contributed by atoms with Gasteiger partial charge < -0.3 is 14.5 Å². The number of likely N-dealkylation sites (N-methyl/N-ethyl adjacent to an activating group) is 1. The van der Waals surface area contributed by atoms with E-state index in [1.807, 2.05) is 17.0 Å². The van der Waals surface area contributed by atoms with Crippen LogP contribution in [0.3, 0.4) is 0 Å². The molecule has 2 aromatic carbocycles. The molecule has 5 heteroatoms. The number of nitrogens with zero attached hydrogens (tertiary/aromatic N) is 2. The molecule has 0 saturated carbocycles. The fourth-order valence-corrected chi connectivity index (χ4v) is 5.27. The van der Waals surface area contributed by atoms with E-state index in [0.717, 1.165) is 50.3 Å². The fourth-order valence-electron chi connectivity index (χ4n) is 4.26. The number of benzene rings is 2. The molecule has 0 bridgehead atoms. The number of carbonyl (C=O) groups is 1. The number of thiophene rings is 1. The molecule has 0 spiro atoms. The molecule has 30 heavy (non-hydrogen) atoms. The Bertz CT molecular complexity index is 1070. The molecule has 4 nitrogen and oxygen atoms in total. The summed E-state index contributed by atoms with van der Waals surface area (Å²) in [5, 5.41) is 3.51. The van der Waals surface area contributed by atoms with Crippen molar-refractivity contribution >= 4 is 27.3 Å². The SMILES string of the molecule is COc1cccc2scc(CCN(C)CCCN3Cc4cc(C)c(C)cc4C3=O)c12. The molecule has 1 aromatic heterocycles. The Hall–Kier alpha value is -2.37. The maximum Gasteiger partial charge on any atom is 0.254 e.